The molecule has 2 bridgehead atoms. The highest BCUT2D eigenvalue weighted by molar-refractivity contribution is 6.30. The smallest absolute Gasteiger partial charge is 0.325 e. The minimum atomic E-state index is -0.870. The number of halogens is 1. The Labute approximate surface area is 189 Å². The monoisotopic (exact) mass is 454 g/mol. The van der Waals surface area contributed by atoms with Crippen LogP contribution >= 0.6 is 11.6 Å². The molecule has 2 fully saturated rings. The lowest BCUT2D eigenvalue weighted by Crippen LogP contribution is -2.50. The normalized spacial score (nSPS) is 24.3. The molecule has 0 saturated carbocycles. The fraction of sp³-hybridized carbons (Fsp3) is 0.391. The molecular weight excluding hydrogens is 432 g/mol. The van der Waals surface area contributed by atoms with Crippen LogP contribution in [0.4, 0.5) is 4.79 Å². The van der Waals surface area contributed by atoms with Gasteiger partial charge in [-0.15, -0.1) is 0 Å². The van der Waals surface area contributed by atoms with E-state index in [1.807, 2.05) is 10.6 Å². The SMILES string of the molecule is O=C(CC1NC(=O)N(Cc2cccc(Cl)c2)C1=O)N1C[C@H]2C[C@@H](C1)c1cccc(=O)n1C2. The predicted octanol–water partition coefficient (Wildman–Crippen LogP) is 1.96. The predicted molar refractivity (Wildman–Crippen MR) is 117 cm³/mol. The molecule has 3 aliphatic rings. The first-order valence-electron chi connectivity index (χ1n) is 10.7. The molecule has 3 atom stereocenters. The van der Waals surface area contributed by atoms with Crippen LogP contribution < -0.4 is 10.9 Å². The van der Waals surface area contributed by atoms with Gasteiger partial charge < -0.3 is 14.8 Å². The van der Waals surface area contributed by atoms with Crippen molar-refractivity contribution in [2.45, 2.75) is 37.9 Å². The van der Waals surface area contributed by atoms with Gasteiger partial charge in [-0.2, -0.15) is 0 Å². The van der Waals surface area contributed by atoms with Gasteiger partial charge in [-0.1, -0.05) is 29.8 Å². The first kappa shape index (κ1) is 20.8. The number of nitrogens with zero attached hydrogens (tertiary/aromatic N) is 3. The minimum absolute atomic E-state index is 0.00367. The van der Waals surface area contributed by atoms with Gasteiger partial charge >= 0.3 is 6.03 Å². The zero-order chi connectivity index (χ0) is 22.4. The van der Waals surface area contributed by atoms with Crippen LogP contribution in [0.25, 0.3) is 0 Å². The molecule has 1 unspecified atom stereocenters. The zero-order valence-electron chi connectivity index (χ0n) is 17.4. The number of nitrogens with one attached hydrogen (secondary N) is 1. The summed E-state index contributed by atoms with van der Waals surface area (Å²) in [7, 11) is 0. The van der Waals surface area contributed by atoms with Gasteiger partial charge in [-0.25, -0.2) is 4.79 Å². The number of fused-ring (bicyclic) bond motifs is 4. The van der Waals surface area contributed by atoms with Crippen molar-refractivity contribution >= 4 is 29.4 Å². The van der Waals surface area contributed by atoms with Crippen molar-refractivity contribution in [3.05, 3.63) is 69.1 Å². The lowest BCUT2D eigenvalue weighted by Gasteiger charge is -2.43. The molecule has 0 aliphatic carbocycles. The van der Waals surface area contributed by atoms with Crippen LogP contribution in [0.2, 0.25) is 5.02 Å². The first-order chi connectivity index (χ1) is 15.4. The van der Waals surface area contributed by atoms with Gasteiger partial charge in [0.05, 0.1) is 13.0 Å². The van der Waals surface area contributed by atoms with Crippen molar-refractivity contribution < 1.29 is 14.4 Å². The van der Waals surface area contributed by atoms with Gasteiger partial charge in [0.2, 0.25) is 5.91 Å². The number of aromatic nitrogens is 1. The Morgan fingerprint density at radius 1 is 1.06 bits per heavy atom. The number of imide groups is 1. The van der Waals surface area contributed by atoms with E-state index in [1.165, 1.54) is 0 Å². The third kappa shape index (κ3) is 3.79. The molecule has 5 rings (SSSR count). The maximum Gasteiger partial charge on any atom is 0.325 e. The molecule has 1 aromatic heterocycles. The number of rotatable bonds is 4. The van der Waals surface area contributed by atoms with E-state index in [4.69, 9.17) is 11.6 Å². The Kier molecular flexibility index (Phi) is 5.25. The standard InChI is InChI=1S/C23H23ClN4O4/c24-17-4-1-3-14(8-17)11-28-22(31)18(25-23(28)32)9-21(30)26-10-15-7-16(13-26)19-5-2-6-20(29)27(19)12-15/h1-6,8,15-16,18H,7,9-13H2,(H,25,32)/t15-,16+,18?/m1/s1. The molecule has 1 aromatic carbocycles. The van der Waals surface area contributed by atoms with E-state index in [-0.39, 0.29) is 36.3 Å². The molecule has 0 radical (unpaired) electrons. The van der Waals surface area contributed by atoms with Crippen LogP contribution in [0.15, 0.2) is 47.3 Å². The molecule has 0 spiro atoms. The molecule has 1 N–H and O–H groups in total. The second-order valence-electron chi connectivity index (χ2n) is 8.76. The maximum absolute atomic E-state index is 13.0. The Balaban J connectivity index is 1.25. The lowest BCUT2D eigenvalue weighted by molar-refractivity contribution is -0.137. The average Bonchev–Trinajstić information content (AvgIpc) is 3.02. The van der Waals surface area contributed by atoms with Crippen LogP contribution in [0.5, 0.6) is 0 Å². The van der Waals surface area contributed by atoms with Crippen LogP contribution in [0.3, 0.4) is 0 Å². The molecule has 32 heavy (non-hydrogen) atoms. The van der Waals surface area contributed by atoms with Crippen molar-refractivity contribution in [1.29, 1.82) is 0 Å². The van der Waals surface area contributed by atoms with E-state index in [0.29, 0.717) is 24.7 Å². The molecule has 2 aromatic rings. The molecule has 8 nitrogen and oxygen atoms in total. The molecular formula is C23H23ClN4O4. The second kappa shape index (κ2) is 8.09. The molecule has 4 heterocycles. The number of benzene rings is 1. The summed E-state index contributed by atoms with van der Waals surface area (Å²) in [6.07, 6.45) is 0.872. The van der Waals surface area contributed by atoms with Crippen molar-refractivity contribution in [3.8, 4) is 0 Å². The highest BCUT2D eigenvalue weighted by atomic mass is 35.5. The summed E-state index contributed by atoms with van der Waals surface area (Å²) in [5.74, 6) is -0.251. The van der Waals surface area contributed by atoms with Gasteiger partial charge in [0.1, 0.15) is 6.04 Å². The van der Waals surface area contributed by atoms with Crippen LogP contribution in [-0.4, -0.2) is 51.3 Å². The number of amides is 4. The van der Waals surface area contributed by atoms with Crippen LogP contribution in [-0.2, 0) is 22.7 Å². The lowest BCUT2D eigenvalue weighted by atomic mass is 9.83. The zero-order valence-corrected chi connectivity index (χ0v) is 18.1. The van der Waals surface area contributed by atoms with E-state index in [9.17, 15) is 19.2 Å². The quantitative estimate of drug-likeness (QED) is 0.715. The summed E-state index contributed by atoms with van der Waals surface area (Å²) in [4.78, 5) is 53.3. The summed E-state index contributed by atoms with van der Waals surface area (Å²) >= 11 is 5.99. The highest BCUT2D eigenvalue weighted by Crippen LogP contribution is 2.35. The summed E-state index contributed by atoms with van der Waals surface area (Å²) in [5, 5.41) is 3.17. The van der Waals surface area contributed by atoms with Gasteiger partial charge in [0, 0.05) is 42.3 Å². The number of carbonyl (C=O) groups excluding carboxylic acids is 3. The number of likely N-dealkylation sites (tertiary alicyclic amines) is 1. The molecule has 166 valence electrons. The topological polar surface area (TPSA) is 91.7 Å². The second-order valence-corrected chi connectivity index (χ2v) is 9.19. The number of piperidine rings is 1. The minimum Gasteiger partial charge on any atom is -0.342 e. The van der Waals surface area contributed by atoms with E-state index >= 15 is 0 Å². The van der Waals surface area contributed by atoms with E-state index in [2.05, 4.69) is 5.32 Å². The Bertz CT molecular complexity index is 1160. The van der Waals surface area contributed by atoms with Gasteiger partial charge in [-0.05, 0) is 36.1 Å². The highest BCUT2D eigenvalue weighted by Gasteiger charge is 2.41. The summed E-state index contributed by atoms with van der Waals surface area (Å²) in [5.41, 5.74) is 1.70. The largest absolute Gasteiger partial charge is 0.342 e. The summed E-state index contributed by atoms with van der Waals surface area (Å²) < 4.78 is 1.81. The first-order valence-corrected chi connectivity index (χ1v) is 11.1. The van der Waals surface area contributed by atoms with Crippen LogP contribution in [0, 0.1) is 5.92 Å². The van der Waals surface area contributed by atoms with E-state index in [1.54, 1.807) is 41.3 Å². The number of hydrogen-bond donors (Lipinski definition) is 1. The Morgan fingerprint density at radius 3 is 2.69 bits per heavy atom. The number of urea groups is 1. The van der Waals surface area contributed by atoms with Gasteiger partial charge in [-0.3, -0.25) is 19.3 Å². The molecule has 4 amide bonds. The molecule has 2 saturated heterocycles. The van der Waals surface area contributed by atoms with Crippen molar-refractivity contribution in [1.82, 2.24) is 19.7 Å². The van der Waals surface area contributed by atoms with Crippen molar-refractivity contribution in [2.24, 2.45) is 5.92 Å². The van der Waals surface area contributed by atoms with Crippen molar-refractivity contribution in [3.63, 3.8) is 0 Å². The van der Waals surface area contributed by atoms with E-state index in [0.717, 1.165) is 22.6 Å². The van der Waals surface area contributed by atoms with Crippen LogP contribution in [0.1, 0.15) is 30.0 Å². The summed E-state index contributed by atoms with van der Waals surface area (Å²) in [6, 6.07) is 10.9. The third-order valence-electron chi connectivity index (χ3n) is 6.55. The van der Waals surface area contributed by atoms with E-state index < -0.39 is 18.0 Å². The van der Waals surface area contributed by atoms with Crippen molar-refractivity contribution in [2.75, 3.05) is 13.1 Å². The number of pyridine rings is 1. The maximum atomic E-state index is 13.0. The fourth-order valence-electron chi connectivity index (χ4n) is 5.09. The fourth-order valence-corrected chi connectivity index (χ4v) is 5.30. The molecule has 3 aliphatic heterocycles. The Hall–Kier alpha value is -3.13. The average molecular weight is 455 g/mol. The molecule has 9 heteroatoms. The van der Waals surface area contributed by atoms with Gasteiger partial charge in [0.25, 0.3) is 11.5 Å². The summed E-state index contributed by atoms with van der Waals surface area (Å²) in [6.45, 7) is 1.77. The third-order valence-corrected chi connectivity index (χ3v) is 6.78. The van der Waals surface area contributed by atoms with Gasteiger partial charge in [0.15, 0.2) is 0 Å². The Morgan fingerprint density at radius 2 is 1.88 bits per heavy atom. The number of carbonyl (C=O) groups is 3. The number of hydrogen-bond acceptors (Lipinski definition) is 4.